The van der Waals surface area contributed by atoms with Crippen LogP contribution in [-0.4, -0.2) is 64.7 Å². The largest absolute Gasteiger partial charge is 0.461 e. The van der Waals surface area contributed by atoms with Gasteiger partial charge in [-0.25, -0.2) is 9.78 Å². The topological polar surface area (TPSA) is 129 Å². The van der Waals surface area contributed by atoms with Gasteiger partial charge in [-0.1, -0.05) is 23.7 Å². The molecule has 194 valence electrons. The molecule has 1 aliphatic rings. The molecule has 0 amide bonds. The third-order valence-corrected chi connectivity index (χ3v) is 7.07. The van der Waals surface area contributed by atoms with E-state index < -0.39 is 5.97 Å². The maximum absolute atomic E-state index is 13.1. The zero-order chi connectivity index (χ0) is 26.4. The normalized spacial score (nSPS) is 13.8. The van der Waals surface area contributed by atoms with Gasteiger partial charge in [0.25, 0.3) is 0 Å². The zero-order valence-corrected chi connectivity index (χ0v) is 21.8. The van der Waals surface area contributed by atoms with Crippen LogP contribution in [0.4, 0.5) is 5.95 Å². The summed E-state index contributed by atoms with van der Waals surface area (Å²) in [6.07, 6.45) is 4.45. The molecule has 0 unspecified atom stereocenters. The number of hydrogen-bond acceptors (Lipinski definition) is 9. The minimum Gasteiger partial charge on any atom is -0.461 e. The molecule has 6 rings (SSSR count). The molecule has 1 aliphatic heterocycles. The number of rotatable bonds is 6. The fourth-order valence-corrected chi connectivity index (χ4v) is 5.28. The van der Waals surface area contributed by atoms with E-state index in [1.165, 1.54) is 10.1 Å². The van der Waals surface area contributed by atoms with Gasteiger partial charge in [0.1, 0.15) is 17.0 Å². The van der Waals surface area contributed by atoms with Gasteiger partial charge in [-0.05, 0) is 37.1 Å². The number of aryl methyl sites for hydroxylation is 1. The second-order valence-electron chi connectivity index (χ2n) is 9.23. The number of anilines is 1. The van der Waals surface area contributed by atoms with Crippen LogP contribution >= 0.6 is 11.6 Å². The lowest BCUT2D eigenvalue weighted by Crippen LogP contribution is -2.34. The van der Waals surface area contributed by atoms with Gasteiger partial charge < -0.3 is 15.0 Å². The van der Waals surface area contributed by atoms with Gasteiger partial charge in [0.05, 0.1) is 17.0 Å². The number of halogens is 1. The highest BCUT2D eigenvalue weighted by Gasteiger charge is 2.28. The van der Waals surface area contributed by atoms with Gasteiger partial charge in [-0.2, -0.15) is 9.50 Å². The molecule has 0 radical (unpaired) electrons. The van der Waals surface area contributed by atoms with Crippen LogP contribution in [0.2, 0.25) is 5.02 Å². The van der Waals surface area contributed by atoms with Crippen LogP contribution < -0.4 is 5.73 Å². The number of pyridine rings is 2. The van der Waals surface area contributed by atoms with E-state index in [0.29, 0.717) is 41.3 Å². The molecule has 0 bridgehead atoms. The van der Waals surface area contributed by atoms with E-state index in [1.54, 1.807) is 23.8 Å². The van der Waals surface area contributed by atoms with E-state index >= 15 is 0 Å². The second-order valence-corrected chi connectivity index (χ2v) is 9.61. The first-order valence-electron chi connectivity index (χ1n) is 12.4. The standard InChI is InChI=1S/C26H26ClN9O2/c1-3-38-25(37)21-20(27)19-23(32-26(28)36-24(19)31-22(33-36)18-6-4-5-8-29-18)35(21)11-10-34-9-7-17-16(14-34)12-15(2)13-30-17/h4-6,8,12-13H,3,7,9-11,14H2,1-2H3,(H2,28,32). The average molecular weight is 532 g/mol. The van der Waals surface area contributed by atoms with E-state index in [2.05, 4.69) is 36.0 Å². The van der Waals surface area contributed by atoms with Crippen molar-refractivity contribution in [3.05, 3.63) is 64.2 Å². The number of carbonyl (C=O) groups excluding carboxylic acids is 1. The number of nitrogens with zero attached hydrogens (tertiary/aromatic N) is 8. The molecule has 0 atom stereocenters. The van der Waals surface area contributed by atoms with Gasteiger partial charge in [0.2, 0.25) is 11.8 Å². The highest BCUT2D eigenvalue weighted by atomic mass is 35.5. The van der Waals surface area contributed by atoms with Crippen molar-refractivity contribution in [2.75, 3.05) is 25.4 Å². The maximum Gasteiger partial charge on any atom is 0.356 e. The Bertz CT molecular complexity index is 1680. The predicted octanol–water partition coefficient (Wildman–Crippen LogP) is 3.32. The number of hydrogen-bond donors (Lipinski definition) is 1. The molecular weight excluding hydrogens is 506 g/mol. The molecular formula is C26H26ClN9O2. The van der Waals surface area contributed by atoms with Crippen molar-refractivity contribution in [3.8, 4) is 11.5 Å². The van der Waals surface area contributed by atoms with E-state index in [0.717, 1.165) is 30.8 Å². The summed E-state index contributed by atoms with van der Waals surface area (Å²) in [5.74, 6) is -0.0223. The number of carbonyl (C=O) groups is 1. The minimum absolute atomic E-state index is 0.126. The molecule has 0 aliphatic carbocycles. The Morgan fingerprint density at radius 3 is 2.84 bits per heavy atom. The van der Waals surface area contributed by atoms with Crippen LogP contribution in [0, 0.1) is 6.92 Å². The van der Waals surface area contributed by atoms with Crippen LogP contribution in [0.15, 0.2) is 36.7 Å². The quantitative estimate of drug-likeness (QED) is 0.328. The first-order chi connectivity index (χ1) is 18.4. The Labute approximate surface area is 223 Å². The van der Waals surface area contributed by atoms with Crippen molar-refractivity contribution in [3.63, 3.8) is 0 Å². The Morgan fingerprint density at radius 2 is 2.05 bits per heavy atom. The molecule has 6 heterocycles. The van der Waals surface area contributed by atoms with Crippen molar-refractivity contribution in [2.45, 2.75) is 33.4 Å². The molecule has 0 saturated carbocycles. The predicted molar refractivity (Wildman–Crippen MR) is 143 cm³/mol. The summed E-state index contributed by atoms with van der Waals surface area (Å²) in [5, 5.41) is 5.20. The van der Waals surface area contributed by atoms with Crippen molar-refractivity contribution in [2.24, 2.45) is 0 Å². The fraction of sp³-hybridized carbons (Fsp3) is 0.308. The Hall–Kier alpha value is -4.09. The fourth-order valence-electron chi connectivity index (χ4n) is 4.94. The summed E-state index contributed by atoms with van der Waals surface area (Å²) < 4.78 is 8.58. The maximum atomic E-state index is 13.1. The Kier molecular flexibility index (Phi) is 6.16. The summed E-state index contributed by atoms with van der Waals surface area (Å²) in [6.45, 7) is 6.78. The molecule has 2 N–H and O–H groups in total. The SMILES string of the molecule is CCOC(=O)c1c(Cl)c2c(nc(N)n3nc(-c4ccccn4)nc23)n1CCN1CCc2ncc(C)cc2C1. The first-order valence-corrected chi connectivity index (χ1v) is 12.8. The second kappa shape index (κ2) is 9.66. The van der Waals surface area contributed by atoms with Crippen molar-refractivity contribution >= 4 is 40.2 Å². The summed E-state index contributed by atoms with van der Waals surface area (Å²) in [6, 6.07) is 7.66. The highest BCUT2D eigenvalue weighted by molar-refractivity contribution is 6.39. The van der Waals surface area contributed by atoms with E-state index in [1.807, 2.05) is 25.3 Å². The van der Waals surface area contributed by atoms with Crippen LogP contribution in [-0.2, 0) is 24.2 Å². The lowest BCUT2D eigenvalue weighted by molar-refractivity contribution is 0.0513. The first kappa shape index (κ1) is 24.3. The third kappa shape index (κ3) is 4.13. The molecule has 0 fully saturated rings. The number of nitrogen functional groups attached to an aromatic ring is 1. The Balaban J connectivity index is 1.43. The van der Waals surface area contributed by atoms with Crippen LogP contribution in [0.5, 0.6) is 0 Å². The number of aromatic nitrogens is 7. The smallest absolute Gasteiger partial charge is 0.356 e. The molecule has 5 aromatic heterocycles. The monoisotopic (exact) mass is 531 g/mol. The highest BCUT2D eigenvalue weighted by Crippen LogP contribution is 2.34. The summed E-state index contributed by atoms with van der Waals surface area (Å²) in [7, 11) is 0. The van der Waals surface area contributed by atoms with E-state index in [-0.39, 0.29) is 23.3 Å². The molecule has 11 nitrogen and oxygen atoms in total. The van der Waals surface area contributed by atoms with Crippen LogP contribution in [0.25, 0.3) is 28.2 Å². The molecule has 38 heavy (non-hydrogen) atoms. The van der Waals surface area contributed by atoms with Crippen molar-refractivity contribution < 1.29 is 9.53 Å². The lowest BCUT2D eigenvalue weighted by atomic mass is 10.0. The molecule has 0 aromatic carbocycles. The average Bonchev–Trinajstić information content (AvgIpc) is 3.47. The van der Waals surface area contributed by atoms with E-state index in [4.69, 9.17) is 22.1 Å². The van der Waals surface area contributed by atoms with Gasteiger partial charge in [0, 0.05) is 50.7 Å². The lowest BCUT2D eigenvalue weighted by Gasteiger charge is -2.28. The summed E-state index contributed by atoms with van der Waals surface area (Å²) in [4.78, 5) is 33.6. The third-order valence-electron chi connectivity index (χ3n) is 6.70. The van der Waals surface area contributed by atoms with Gasteiger partial charge in [0.15, 0.2) is 5.65 Å². The van der Waals surface area contributed by atoms with E-state index in [9.17, 15) is 4.79 Å². The summed E-state index contributed by atoms with van der Waals surface area (Å²) in [5.41, 5.74) is 11.5. The van der Waals surface area contributed by atoms with Crippen LogP contribution in [0.3, 0.4) is 0 Å². The minimum atomic E-state index is -0.527. The molecule has 0 spiro atoms. The molecule has 5 aromatic rings. The number of esters is 1. The Morgan fingerprint density at radius 1 is 1.18 bits per heavy atom. The van der Waals surface area contributed by atoms with Gasteiger partial charge >= 0.3 is 5.97 Å². The molecule has 0 saturated heterocycles. The number of nitrogens with two attached hydrogens (primary N) is 1. The van der Waals surface area contributed by atoms with Crippen molar-refractivity contribution in [1.29, 1.82) is 0 Å². The number of ether oxygens (including phenoxy) is 1. The summed E-state index contributed by atoms with van der Waals surface area (Å²) >= 11 is 6.86. The number of fused-ring (bicyclic) bond motifs is 4. The molecule has 12 heteroatoms. The zero-order valence-electron chi connectivity index (χ0n) is 21.1. The van der Waals surface area contributed by atoms with Gasteiger partial charge in [-0.3, -0.25) is 14.9 Å². The van der Waals surface area contributed by atoms with Crippen LogP contribution in [0.1, 0.15) is 34.2 Å². The van der Waals surface area contributed by atoms with Crippen molar-refractivity contribution in [1.82, 2.24) is 39.0 Å². The van der Waals surface area contributed by atoms with Gasteiger partial charge in [-0.15, -0.1) is 5.10 Å².